The Morgan fingerprint density at radius 3 is 2.47 bits per heavy atom. The second kappa shape index (κ2) is 8.15. The Morgan fingerprint density at radius 1 is 1.03 bits per heavy atom. The van der Waals surface area contributed by atoms with Crippen LogP contribution in [0.2, 0.25) is 0 Å². The number of amides is 1. The molecule has 0 unspecified atom stereocenters. The van der Waals surface area contributed by atoms with E-state index in [9.17, 15) is 4.79 Å². The van der Waals surface area contributed by atoms with Crippen LogP contribution in [-0.2, 0) is 5.41 Å². The first-order valence-corrected chi connectivity index (χ1v) is 11.4. The summed E-state index contributed by atoms with van der Waals surface area (Å²) in [6.07, 6.45) is 0. The molecule has 4 rings (SSSR count). The zero-order valence-electron chi connectivity index (χ0n) is 16.8. The van der Waals surface area contributed by atoms with Gasteiger partial charge in [0, 0.05) is 19.3 Å². The maximum absolute atomic E-state index is 12.7. The van der Waals surface area contributed by atoms with Gasteiger partial charge in [0.2, 0.25) is 5.89 Å². The highest BCUT2D eigenvalue weighted by molar-refractivity contribution is 14.1. The van der Waals surface area contributed by atoms with Gasteiger partial charge in [-0.25, -0.2) is 4.98 Å². The average Bonchev–Trinajstić information content (AvgIpc) is 3.12. The Balaban J connectivity index is 1.58. The van der Waals surface area contributed by atoms with E-state index in [4.69, 9.17) is 4.42 Å². The van der Waals surface area contributed by atoms with Gasteiger partial charge >= 0.3 is 0 Å². The molecular weight excluding hydrogens is 555 g/mol. The highest BCUT2D eigenvalue weighted by atomic mass is 127. The number of carbonyl (C=O) groups is 1. The molecule has 1 heterocycles. The van der Waals surface area contributed by atoms with Gasteiger partial charge in [0.05, 0.1) is 5.56 Å². The first kappa shape index (κ1) is 21.1. The minimum atomic E-state index is -0.154. The van der Waals surface area contributed by atoms with Crippen molar-refractivity contribution in [2.75, 3.05) is 5.32 Å². The summed E-state index contributed by atoms with van der Waals surface area (Å²) in [5.74, 6) is 0.385. The van der Waals surface area contributed by atoms with Crippen LogP contribution < -0.4 is 5.32 Å². The normalized spacial score (nSPS) is 11.6. The Morgan fingerprint density at radius 2 is 1.77 bits per heavy atom. The molecule has 4 nitrogen and oxygen atoms in total. The minimum absolute atomic E-state index is 0.0521. The molecule has 1 amide bonds. The summed E-state index contributed by atoms with van der Waals surface area (Å²) in [6, 6.07) is 19.2. The van der Waals surface area contributed by atoms with Gasteiger partial charge in [-0.05, 0) is 98.0 Å². The number of benzene rings is 3. The van der Waals surface area contributed by atoms with Gasteiger partial charge in [0.1, 0.15) is 5.52 Å². The molecule has 1 N–H and O–H groups in total. The standard InChI is InChI=1S/C24H20BrIN2O2/c1-24(2,3)15-6-4-14(5-7-15)22(29)27-17-9-11-21-20(13-17)28-23(30-21)18-12-16(26)8-10-19(18)25/h4-13H,1-3H3,(H,27,29). The molecule has 0 atom stereocenters. The van der Waals surface area contributed by atoms with Crippen LogP contribution in [0.5, 0.6) is 0 Å². The zero-order valence-corrected chi connectivity index (χ0v) is 20.5. The molecule has 30 heavy (non-hydrogen) atoms. The van der Waals surface area contributed by atoms with E-state index in [2.05, 4.69) is 69.6 Å². The molecule has 0 spiro atoms. The fraction of sp³-hybridized carbons (Fsp3) is 0.167. The van der Waals surface area contributed by atoms with Crippen LogP contribution in [0.1, 0.15) is 36.7 Å². The fourth-order valence-electron chi connectivity index (χ4n) is 3.11. The largest absolute Gasteiger partial charge is 0.436 e. The lowest BCUT2D eigenvalue weighted by Gasteiger charge is -2.19. The SMILES string of the molecule is CC(C)(C)c1ccc(C(=O)Nc2ccc3oc(-c4cc(I)ccc4Br)nc3c2)cc1. The topological polar surface area (TPSA) is 55.1 Å². The van der Waals surface area contributed by atoms with Crippen molar-refractivity contribution in [2.45, 2.75) is 26.2 Å². The van der Waals surface area contributed by atoms with Crippen LogP contribution in [0.25, 0.3) is 22.6 Å². The fourth-order valence-corrected chi connectivity index (χ4v) is 4.01. The van der Waals surface area contributed by atoms with Crippen LogP contribution in [0.3, 0.4) is 0 Å². The second-order valence-electron chi connectivity index (χ2n) is 8.11. The van der Waals surface area contributed by atoms with E-state index in [1.165, 1.54) is 5.56 Å². The molecule has 0 saturated carbocycles. The summed E-state index contributed by atoms with van der Waals surface area (Å²) >= 11 is 5.81. The molecule has 152 valence electrons. The highest BCUT2D eigenvalue weighted by Gasteiger charge is 2.16. The van der Waals surface area contributed by atoms with Crippen molar-refractivity contribution in [3.8, 4) is 11.5 Å². The monoisotopic (exact) mass is 574 g/mol. The van der Waals surface area contributed by atoms with Crippen LogP contribution >= 0.6 is 38.5 Å². The number of nitrogens with one attached hydrogen (secondary N) is 1. The van der Waals surface area contributed by atoms with Crippen LogP contribution in [-0.4, -0.2) is 10.9 Å². The number of anilines is 1. The first-order valence-electron chi connectivity index (χ1n) is 9.48. The number of hydrogen-bond donors (Lipinski definition) is 1. The number of nitrogens with zero attached hydrogens (tertiary/aromatic N) is 1. The van der Waals surface area contributed by atoms with Crippen LogP contribution in [0, 0.1) is 3.57 Å². The van der Waals surface area contributed by atoms with Crippen molar-refractivity contribution in [3.63, 3.8) is 0 Å². The van der Waals surface area contributed by atoms with Crippen molar-refractivity contribution in [2.24, 2.45) is 0 Å². The van der Waals surface area contributed by atoms with Gasteiger partial charge in [-0.3, -0.25) is 4.79 Å². The van der Waals surface area contributed by atoms with E-state index in [0.29, 0.717) is 28.2 Å². The quantitative estimate of drug-likeness (QED) is 0.259. The van der Waals surface area contributed by atoms with Gasteiger partial charge in [-0.1, -0.05) is 32.9 Å². The summed E-state index contributed by atoms with van der Waals surface area (Å²) in [4.78, 5) is 17.3. The highest BCUT2D eigenvalue weighted by Crippen LogP contribution is 2.32. The smallest absolute Gasteiger partial charge is 0.255 e. The number of aromatic nitrogens is 1. The third-order valence-corrected chi connectivity index (χ3v) is 6.18. The molecule has 3 aromatic carbocycles. The molecule has 0 bridgehead atoms. The third-order valence-electron chi connectivity index (χ3n) is 4.82. The van der Waals surface area contributed by atoms with Gasteiger partial charge in [-0.2, -0.15) is 0 Å². The Kier molecular flexibility index (Phi) is 5.72. The minimum Gasteiger partial charge on any atom is -0.436 e. The molecule has 0 aliphatic rings. The average molecular weight is 575 g/mol. The summed E-state index contributed by atoms with van der Waals surface area (Å²) in [5.41, 5.74) is 4.79. The van der Waals surface area contributed by atoms with Crippen molar-refractivity contribution in [1.82, 2.24) is 4.98 Å². The van der Waals surface area contributed by atoms with E-state index in [1.807, 2.05) is 60.7 Å². The van der Waals surface area contributed by atoms with Crippen molar-refractivity contribution in [1.29, 1.82) is 0 Å². The van der Waals surface area contributed by atoms with Gasteiger partial charge < -0.3 is 9.73 Å². The Bertz CT molecular complexity index is 1240. The lowest BCUT2D eigenvalue weighted by atomic mass is 9.87. The molecule has 4 aromatic rings. The third kappa shape index (κ3) is 4.44. The van der Waals surface area contributed by atoms with Crippen molar-refractivity contribution >= 4 is 61.2 Å². The Labute approximate surface area is 197 Å². The molecule has 0 radical (unpaired) electrons. The molecule has 1 aromatic heterocycles. The van der Waals surface area contributed by atoms with Gasteiger partial charge in [-0.15, -0.1) is 0 Å². The lowest BCUT2D eigenvalue weighted by Crippen LogP contribution is -2.14. The molecule has 0 aliphatic carbocycles. The van der Waals surface area contributed by atoms with E-state index < -0.39 is 0 Å². The molecule has 6 heteroatoms. The number of fused-ring (bicyclic) bond motifs is 1. The maximum Gasteiger partial charge on any atom is 0.255 e. The molecule has 0 fully saturated rings. The van der Waals surface area contributed by atoms with Crippen molar-refractivity contribution < 1.29 is 9.21 Å². The van der Waals surface area contributed by atoms with Crippen molar-refractivity contribution in [3.05, 3.63) is 79.8 Å². The maximum atomic E-state index is 12.7. The molecule has 0 aliphatic heterocycles. The second-order valence-corrected chi connectivity index (χ2v) is 10.2. The zero-order chi connectivity index (χ0) is 21.5. The number of hydrogen-bond acceptors (Lipinski definition) is 3. The van der Waals surface area contributed by atoms with Gasteiger partial charge in [0.15, 0.2) is 5.58 Å². The van der Waals surface area contributed by atoms with Gasteiger partial charge in [0.25, 0.3) is 5.91 Å². The summed E-state index contributed by atoms with van der Waals surface area (Å²) < 4.78 is 7.94. The van der Waals surface area contributed by atoms with E-state index in [1.54, 1.807) is 0 Å². The van der Waals surface area contributed by atoms with E-state index in [-0.39, 0.29) is 11.3 Å². The summed E-state index contributed by atoms with van der Waals surface area (Å²) in [5, 5.41) is 2.95. The van der Waals surface area contributed by atoms with E-state index >= 15 is 0 Å². The van der Waals surface area contributed by atoms with Crippen LogP contribution in [0.15, 0.2) is 69.6 Å². The van der Waals surface area contributed by atoms with Crippen LogP contribution in [0.4, 0.5) is 5.69 Å². The Hall–Kier alpha value is -2.19. The number of halogens is 2. The molecule has 0 saturated heterocycles. The molecular formula is C24H20BrIN2O2. The number of oxazole rings is 1. The first-order chi connectivity index (χ1) is 14.2. The van der Waals surface area contributed by atoms with E-state index in [0.717, 1.165) is 13.6 Å². The predicted molar refractivity (Wildman–Crippen MR) is 133 cm³/mol. The summed E-state index contributed by atoms with van der Waals surface area (Å²) in [7, 11) is 0. The number of rotatable bonds is 3. The predicted octanol–water partition coefficient (Wildman–Crippen LogP) is 7.41. The lowest BCUT2D eigenvalue weighted by molar-refractivity contribution is 0.102. The summed E-state index contributed by atoms with van der Waals surface area (Å²) in [6.45, 7) is 6.45. The number of carbonyl (C=O) groups excluding carboxylic acids is 1.